The average molecular weight is 674 g/mol. The van der Waals surface area contributed by atoms with Crippen LogP contribution in [0.4, 0.5) is 0 Å². The first-order valence-corrected chi connectivity index (χ1v) is 14.3. The van der Waals surface area contributed by atoms with Gasteiger partial charge in [-0.05, 0) is 104 Å². The van der Waals surface area contributed by atoms with Gasteiger partial charge in [0.15, 0.2) is 4.80 Å². The number of thiazole rings is 1. The third kappa shape index (κ3) is 4.87. The number of esters is 1. The van der Waals surface area contributed by atoms with Gasteiger partial charge in [0.1, 0.15) is 11.8 Å². The smallest absolute Gasteiger partial charge is 0.338 e. The fraction of sp³-hybridized carbons (Fsp3) is 0.207. The van der Waals surface area contributed by atoms with Gasteiger partial charge in [-0.2, -0.15) is 0 Å². The monoisotopic (exact) mass is 673 g/mol. The number of aromatic nitrogens is 2. The molecular formula is C29H25ClIN3O4S. The standard InChI is InChI=1S/C29H25ClIN3O4S/c1-15-12-18(17(3)33(15)21-9-7-20(31)8-10-21)13-24-27(35)34-26(22-14-19(30)6-11-23(22)37-4)25(28(36)38-5)16(2)32-29(34)39-24/h6-14,26H,1-5H3/b24-13-/t26-/m0/s1. The number of carbonyl (C=O) groups excluding carboxylic acids is 1. The lowest BCUT2D eigenvalue weighted by molar-refractivity contribution is -0.136. The van der Waals surface area contributed by atoms with E-state index in [0.29, 0.717) is 31.4 Å². The van der Waals surface area contributed by atoms with Gasteiger partial charge in [0.05, 0.1) is 30.0 Å². The van der Waals surface area contributed by atoms with Gasteiger partial charge in [0, 0.05) is 31.2 Å². The van der Waals surface area contributed by atoms with Crippen molar-refractivity contribution in [3.05, 3.63) is 111 Å². The molecule has 0 amide bonds. The molecule has 2 aromatic carbocycles. The predicted octanol–water partition coefficient (Wildman–Crippen LogP) is 5.08. The van der Waals surface area contributed by atoms with Crippen molar-refractivity contribution in [2.75, 3.05) is 14.2 Å². The van der Waals surface area contributed by atoms with Crippen LogP contribution in [0.15, 0.2) is 69.6 Å². The summed E-state index contributed by atoms with van der Waals surface area (Å²) in [5.41, 5.74) is 5.09. The molecule has 0 unspecified atom stereocenters. The topological polar surface area (TPSA) is 74.8 Å². The Morgan fingerprint density at radius 1 is 1.10 bits per heavy atom. The number of carbonyl (C=O) groups is 1. The number of rotatable bonds is 5. The lowest BCUT2D eigenvalue weighted by Gasteiger charge is -2.25. The maximum Gasteiger partial charge on any atom is 0.338 e. The quantitative estimate of drug-likeness (QED) is 0.219. The minimum absolute atomic E-state index is 0.258. The molecule has 1 aliphatic heterocycles. The van der Waals surface area contributed by atoms with E-state index in [1.54, 1.807) is 25.1 Å². The third-order valence-electron chi connectivity index (χ3n) is 6.76. The minimum Gasteiger partial charge on any atom is -0.496 e. The van der Waals surface area contributed by atoms with Gasteiger partial charge in [-0.25, -0.2) is 9.79 Å². The molecule has 0 radical (unpaired) electrons. The maximum atomic E-state index is 14.0. The largest absolute Gasteiger partial charge is 0.496 e. The molecule has 0 saturated carbocycles. The van der Waals surface area contributed by atoms with E-state index in [0.717, 1.165) is 26.2 Å². The van der Waals surface area contributed by atoms with Crippen molar-refractivity contribution in [2.45, 2.75) is 26.8 Å². The molecule has 0 bridgehead atoms. The van der Waals surface area contributed by atoms with Gasteiger partial charge in [-0.15, -0.1) is 0 Å². The first kappa shape index (κ1) is 27.4. The summed E-state index contributed by atoms with van der Waals surface area (Å²) < 4.78 is 16.1. The second-order valence-electron chi connectivity index (χ2n) is 9.10. The van der Waals surface area contributed by atoms with Crippen LogP contribution in [-0.4, -0.2) is 29.3 Å². The predicted molar refractivity (Wildman–Crippen MR) is 162 cm³/mol. The van der Waals surface area contributed by atoms with Gasteiger partial charge in [0.25, 0.3) is 5.56 Å². The highest BCUT2D eigenvalue weighted by molar-refractivity contribution is 14.1. The highest BCUT2D eigenvalue weighted by Crippen LogP contribution is 2.37. The molecule has 4 aromatic rings. The lowest BCUT2D eigenvalue weighted by Crippen LogP contribution is -2.40. The number of halogens is 2. The number of fused-ring (bicyclic) bond motifs is 1. The van der Waals surface area contributed by atoms with E-state index < -0.39 is 12.0 Å². The van der Waals surface area contributed by atoms with Gasteiger partial charge in [0.2, 0.25) is 0 Å². The summed E-state index contributed by atoms with van der Waals surface area (Å²) in [5, 5.41) is 0.454. The van der Waals surface area contributed by atoms with E-state index in [1.165, 1.54) is 30.1 Å². The normalized spacial score (nSPS) is 15.3. The molecule has 7 nitrogen and oxygen atoms in total. The van der Waals surface area contributed by atoms with E-state index in [2.05, 4.69) is 62.5 Å². The number of nitrogens with zero attached hydrogens (tertiary/aromatic N) is 3. The Bertz CT molecular complexity index is 1830. The van der Waals surface area contributed by atoms with Crippen LogP contribution >= 0.6 is 45.5 Å². The second-order valence-corrected chi connectivity index (χ2v) is 11.8. The van der Waals surface area contributed by atoms with Crippen LogP contribution in [0, 0.1) is 17.4 Å². The van der Waals surface area contributed by atoms with Crippen LogP contribution in [0.1, 0.15) is 35.5 Å². The maximum absolute atomic E-state index is 14.0. The van der Waals surface area contributed by atoms with Crippen LogP contribution in [0.2, 0.25) is 5.02 Å². The Balaban J connectivity index is 1.73. The fourth-order valence-corrected chi connectivity index (χ4v) is 6.55. The van der Waals surface area contributed by atoms with Crippen LogP contribution in [0.25, 0.3) is 11.8 Å². The van der Waals surface area contributed by atoms with Gasteiger partial charge >= 0.3 is 5.97 Å². The summed E-state index contributed by atoms with van der Waals surface area (Å²) in [6, 6.07) is 14.7. The summed E-state index contributed by atoms with van der Waals surface area (Å²) in [5.74, 6) is -0.0743. The summed E-state index contributed by atoms with van der Waals surface area (Å²) in [4.78, 5) is 32.1. The van der Waals surface area contributed by atoms with E-state index >= 15 is 0 Å². The van der Waals surface area contributed by atoms with Crippen molar-refractivity contribution >= 4 is 57.6 Å². The minimum atomic E-state index is -0.816. The summed E-state index contributed by atoms with van der Waals surface area (Å²) in [7, 11) is 2.84. The van der Waals surface area contributed by atoms with E-state index in [-0.39, 0.29) is 11.1 Å². The fourth-order valence-electron chi connectivity index (χ4n) is 4.97. The molecule has 0 saturated heterocycles. The zero-order valence-corrected chi connectivity index (χ0v) is 25.6. The Hall–Kier alpha value is -3.15. The van der Waals surface area contributed by atoms with Crippen molar-refractivity contribution in [3.63, 3.8) is 0 Å². The number of benzene rings is 2. The molecule has 3 heterocycles. The van der Waals surface area contributed by atoms with Crippen LogP contribution < -0.4 is 19.6 Å². The first-order chi connectivity index (χ1) is 18.6. The van der Waals surface area contributed by atoms with Crippen LogP contribution in [0.5, 0.6) is 5.75 Å². The second kappa shape index (κ2) is 10.8. The molecule has 5 rings (SSSR count). The Morgan fingerprint density at radius 3 is 2.49 bits per heavy atom. The van der Waals surface area contributed by atoms with Gasteiger partial charge in [-0.3, -0.25) is 9.36 Å². The van der Waals surface area contributed by atoms with E-state index in [4.69, 9.17) is 21.1 Å². The Labute approximate surface area is 247 Å². The van der Waals surface area contributed by atoms with Crippen molar-refractivity contribution in [1.82, 2.24) is 9.13 Å². The molecule has 2 aromatic heterocycles. The summed E-state index contributed by atoms with van der Waals surface area (Å²) in [6.45, 7) is 5.82. The number of ether oxygens (including phenoxy) is 2. The summed E-state index contributed by atoms with van der Waals surface area (Å²) >= 11 is 9.92. The van der Waals surface area contributed by atoms with E-state index in [9.17, 15) is 9.59 Å². The molecular weight excluding hydrogens is 649 g/mol. The van der Waals surface area contributed by atoms with Crippen molar-refractivity contribution in [1.29, 1.82) is 0 Å². The number of hydrogen-bond acceptors (Lipinski definition) is 6. The summed E-state index contributed by atoms with van der Waals surface area (Å²) in [6.07, 6.45) is 1.89. The van der Waals surface area contributed by atoms with Crippen LogP contribution in [-0.2, 0) is 9.53 Å². The zero-order chi connectivity index (χ0) is 28.0. The molecule has 0 aliphatic carbocycles. The van der Waals surface area contributed by atoms with Crippen molar-refractivity contribution < 1.29 is 14.3 Å². The molecule has 1 atom stereocenters. The van der Waals surface area contributed by atoms with Gasteiger partial charge in [-0.1, -0.05) is 22.9 Å². The highest BCUT2D eigenvalue weighted by atomic mass is 127. The van der Waals surface area contributed by atoms with Crippen molar-refractivity contribution in [3.8, 4) is 11.4 Å². The molecule has 10 heteroatoms. The number of aryl methyl sites for hydroxylation is 1. The Kier molecular flexibility index (Phi) is 7.58. The number of allylic oxidation sites excluding steroid dienone is 1. The van der Waals surface area contributed by atoms with E-state index in [1.807, 2.05) is 19.9 Å². The SMILES string of the molecule is COC(=O)C1=C(C)N=c2s/c(=C\c3cc(C)n(-c4ccc(I)cc4)c3C)c(=O)n2[C@H]1c1cc(Cl)ccc1OC. The van der Waals surface area contributed by atoms with Crippen molar-refractivity contribution in [2.24, 2.45) is 4.99 Å². The molecule has 0 N–H and O–H groups in total. The molecule has 0 fully saturated rings. The molecule has 1 aliphatic rings. The Morgan fingerprint density at radius 2 is 1.82 bits per heavy atom. The first-order valence-electron chi connectivity index (χ1n) is 12.0. The molecule has 39 heavy (non-hydrogen) atoms. The van der Waals surface area contributed by atoms with Crippen LogP contribution in [0.3, 0.4) is 0 Å². The number of hydrogen-bond donors (Lipinski definition) is 0. The lowest BCUT2D eigenvalue weighted by atomic mass is 9.95. The average Bonchev–Trinajstić information content (AvgIpc) is 3.37. The van der Waals surface area contributed by atoms with Gasteiger partial charge < -0.3 is 14.0 Å². The zero-order valence-electron chi connectivity index (χ0n) is 21.9. The molecule has 200 valence electrons. The molecule has 0 spiro atoms. The highest BCUT2D eigenvalue weighted by Gasteiger charge is 2.35. The third-order valence-corrected chi connectivity index (χ3v) is 8.69. The number of methoxy groups -OCH3 is 2.